The number of aromatic amines is 1. The molecule has 4 aromatic rings. The summed E-state index contributed by atoms with van der Waals surface area (Å²) in [5.41, 5.74) is 0.808. The van der Waals surface area contributed by atoms with Gasteiger partial charge in [0.25, 0.3) is 11.6 Å². The van der Waals surface area contributed by atoms with E-state index in [1.165, 1.54) is 43.3 Å². The molecule has 188 valence electrons. The molecule has 0 aliphatic heterocycles. The number of rotatable bonds is 6. The average Bonchev–Trinajstić information content (AvgIpc) is 3.30. The molecule has 0 bridgehead atoms. The predicted octanol–water partition coefficient (Wildman–Crippen LogP) is 6.49. The van der Waals surface area contributed by atoms with Crippen LogP contribution in [0.3, 0.4) is 0 Å². The maximum Gasteiger partial charge on any atom is 0.416 e. The van der Waals surface area contributed by atoms with Crippen LogP contribution in [0.25, 0.3) is 22.5 Å². The fraction of sp³-hybridized carbons (Fsp3) is 0.0769. The van der Waals surface area contributed by atoms with Crippen LogP contribution in [0.2, 0.25) is 0 Å². The first-order chi connectivity index (χ1) is 17.5. The summed E-state index contributed by atoms with van der Waals surface area (Å²) >= 11 is 0. The van der Waals surface area contributed by atoms with Gasteiger partial charge in [-0.2, -0.15) is 13.2 Å². The second kappa shape index (κ2) is 9.97. The Balaban J connectivity index is 1.75. The minimum Gasteiger partial charge on any atom is -0.354 e. The number of nitro groups is 1. The summed E-state index contributed by atoms with van der Waals surface area (Å²) < 4.78 is 39.0. The highest BCUT2D eigenvalue weighted by molar-refractivity contribution is 6.10. The fourth-order valence-corrected chi connectivity index (χ4v) is 3.72. The monoisotopic (exact) mass is 508 g/mol. The quantitative estimate of drug-likeness (QED) is 0.204. The van der Waals surface area contributed by atoms with Gasteiger partial charge in [-0.05, 0) is 54.1 Å². The van der Waals surface area contributed by atoms with Crippen LogP contribution in [0, 0.1) is 10.1 Å². The average molecular weight is 508 g/mol. The van der Waals surface area contributed by atoms with Gasteiger partial charge in [0.1, 0.15) is 0 Å². The van der Waals surface area contributed by atoms with Gasteiger partial charge >= 0.3 is 6.18 Å². The molecule has 0 aliphatic rings. The summed E-state index contributed by atoms with van der Waals surface area (Å²) in [7, 11) is 0. The zero-order valence-electron chi connectivity index (χ0n) is 19.2. The Kier molecular flexibility index (Phi) is 6.79. The van der Waals surface area contributed by atoms with E-state index in [9.17, 15) is 32.9 Å². The SMILES string of the molecule is CC(=O)Nc1ccc(NC(=O)c2cc(-c3ccc(C(F)(F)F)cc3)[nH]c2-c2ccccc2[N+](=O)[O-])cc1. The van der Waals surface area contributed by atoms with Crippen molar-refractivity contribution in [1.29, 1.82) is 0 Å². The molecule has 8 nitrogen and oxygen atoms in total. The number of carbonyl (C=O) groups is 2. The number of halogens is 3. The molecule has 2 amide bonds. The summed E-state index contributed by atoms with van der Waals surface area (Å²) in [6, 6.07) is 17.9. The van der Waals surface area contributed by atoms with Gasteiger partial charge in [0.05, 0.1) is 27.3 Å². The van der Waals surface area contributed by atoms with Crippen molar-refractivity contribution >= 4 is 28.9 Å². The lowest BCUT2D eigenvalue weighted by Gasteiger charge is -2.08. The number of alkyl halides is 3. The minimum atomic E-state index is -4.51. The Labute approximate surface area is 208 Å². The van der Waals surface area contributed by atoms with E-state index in [1.54, 1.807) is 30.3 Å². The second-order valence-electron chi connectivity index (χ2n) is 8.03. The molecular formula is C26H19F3N4O4. The Bertz CT molecular complexity index is 1480. The van der Waals surface area contributed by atoms with E-state index in [1.807, 2.05) is 0 Å². The van der Waals surface area contributed by atoms with Gasteiger partial charge in [-0.1, -0.05) is 24.3 Å². The first-order valence-electron chi connectivity index (χ1n) is 10.9. The van der Waals surface area contributed by atoms with E-state index in [-0.39, 0.29) is 28.4 Å². The molecule has 0 saturated carbocycles. The third-order valence-corrected chi connectivity index (χ3v) is 5.42. The zero-order valence-corrected chi connectivity index (χ0v) is 19.2. The van der Waals surface area contributed by atoms with Crippen molar-refractivity contribution in [3.8, 4) is 22.5 Å². The molecule has 1 heterocycles. The molecule has 0 saturated heterocycles. The number of nitrogens with one attached hydrogen (secondary N) is 3. The molecule has 0 unspecified atom stereocenters. The lowest BCUT2D eigenvalue weighted by molar-refractivity contribution is -0.384. The number of amides is 2. The number of hydrogen-bond donors (Lipinski definition) is 3. The number of carbonyl (C=O) groups excluding carboxylic acids is 2. The minimum absolute atomic E-state index is 0.0511. The molecule has 11 heteroatoms. The van der Waals surface area contributed by atoms with E-state index >= 15 is 0 Å². The van der Waals surface area contributed by atoms with Gasteiger partial charge in [0.2, 0.25) is 5.91 Å². The fourth-order valence-electron chi connectivity index (χ4n) is 3.72. The molecule has 3 aromatic carbocycles. The zero-order chi connectivity index (χ0) is 26.7. The number of nitrogens with zero attached hydrogens (tertiary/aromatic N) is 1. The van der Waals surface area contributed by atoms with Crippen LogP contribution >= 0.6 is 0 Å². The third kappa shape index (κ3) is 5.67. The van der Waals surface area contributed by atoms with Gasteiger partial charge < -0.3 is 15.6 Å². The van der Waals surface area contributed by atoms with Crippen molar-refractivity contribution in [3.63, 3.8) is 0 Å². The smallest absolute Gasteiger partial charge is 0.354 e. The van der Waals surface area contributed by atoms with Crippen molar-refractivity contribution in [2.45, 2.75) is 13.1 Å². The first-order valence-corrected chi connectivity index (χ1v) is 10.9. The molecule has 1 aromatic heterocycles. The summed E-state index contributed by atoms with van der Waals surface area (Å²) in [5, 5.41) is 16.9. The van der Waals surface area contributed by atoms with Crippen LogP contribution in [-0.2, 0) is 11.0 Å². The Morgan fingerprint density at radius 1 is 0.892 bits per heavy atom. The molecule has 0 spiro atoms. The summed E-state index contributed by atoms with van der Waals surface area (Å²) in [5.74, 6) is -0.858. The Morgan fingerprint density at radius 3 is 2.05 bits per heavy atom. The molecule has 3 N–H and O–H groups in total. The lowest BCUT2D eigenvalue weighted by Crippen LogP contribution is -2.12. The highest BCUT2D eigenvalue weighted by atomic mass is 19.4. The van der Waals surface area contributed by atoms with Crippen LogP contribution in [-0.4, -0.2) is 21.7 Å². The van der Waals surface area contributed by atoms with Crippen LogP contribution in [0.1, 0.15) is 22.8 Å². The number of H-pyrrole nitrogens is 1. The highest BCUT2D eigenvalue weighted by Crippen LogP contribution is 2.36. The van der Waals surface area contributed by atoms with Crippen LogP contribution < -0.4 is 10.6 Å². The Morgan fingerprint density at radius 2 is 1.49 bits per heavy atom. The number of nitro benzene ring substituents is 1. The number of benzene rings is 3. The topological polar surface area (TPSA) is 117 Å². The van der Waals surface area contributed by atoms with Crippen LogP contribution in [0.5, 0.6) is 0 Å². The van der Waals surface area contributed by atoms with E-state index < -0.39 is 22.6 Å². The van der Waals surface area contributed by atoms with Crippen LogP contribution in [0.4, 0.5) is 30.2 Å². The highest BCUT2D eigenvalue weighted by Gasteiger charge is 2.30. The normalized spacial score (nSPS) is 11.1. The number of hydrogen-bond acceptors (Lipinski definition) is 4. The molecular weight excluding hydrogens is 489 g/mol. The summed E-state index contributed by atoms with van der Waals surface area (Å²) in [4.78, 5) is 38.5. The van der Waals surface area contributed by atoms with Gasteiger partial charge in [0, 0.05) is 30.1 Å². The van der Waals surface area contributed by atoms with Crippen molar-refractivity contribution < 1.29 is 27.7 Å². The molecule has 0 fully saturated rings. The number of anilines is 2. The first kappa shape index (κ1) is 25.2. The van der Waals surface area contributed by atoms with E-state index in [4.69, 9.17) is 0 Å². The predicted molar refractivity (Wildman–Crippen MR) is 132 cm³/mol. The third-order valence-electron chi connectivity index (χ3n) is 5.42. The molecule has 4 rings (SSSR count). The van der Waals surface area contributed by atoms with Gasteiger partial charge in [-0.3, -0.25) is 19.7 Å². The maximum atomic E-state index is 13.3. The number of aromatic nitrogens is 1. The van der Waals surface area contributed by atoms with Gasteiger partial charge in [-0.15, -0.1) is 0 Å². The van der Waals surface area contributed by atoms with Gasteiger partial charge in [-0.25, -0.2) is 0 Å². The molecule has 37 heavy (non-hydrogen) atoms. The maximum absolute atomic E-state index is 13.3. The summed E-state index contributed by atoms with van der Waals surface area (Å²) in [6.45, 7) is 1.36. The van der Waals surface area contributed by atoms with Crippen molar-refractivity contribution in [2.75, 3.05) is 10.6 Å². The van der Waals surface area contributed by atoms with Gasteiger partial charge in [0.15, 0.2) is 0 Å². The summed E-state index contributed by atoms with van der Waals surface area (Å²) in [6.07, 6.45) is -4.51. The van der Waals surface area contributed by atoms with E-state index in [0.717, 1.165) is 12.1 Å². The van der Waals surface area contributed by atoms with Crippen molar-refractivity contribution in [1.82, 2.24) is 4.98 Å². The van der Waals surface area contributed by atoms with E-state index in [0.29, 0.717) is 22.6 Å². The Hall–Kier alpha value is -4.93. The standard InChI is InChI=1S/C26H19F3N4O4/c1-15(34)30-18-10-12-19(13-11-18)31-25(35)21-14-22(16-6-8-17(9-7-16)26(27,28)29)32-24(21)20-4-2-3-5-23(20)33(36)37/h2-14,32H,1H3,(H,30,34)(H,31,35). The van der Waals surface area contributed by atoms with Crippen molar-refractivity contribution in [2.24, 2.45) is 0 Å². The molecule has 0 aliphatic carbocycles. The van der Waals surface area contributed by atoms with Crippen molar-refractivity contribution in [3.05, 3.63) is 100 Å². The molecule has 0 radical (unpaired) electrons. The lowest BCUT2D eigenvalue weighted by atomic mass is 10.0. The van der Waals surface area contributed by atoms with E-state index in [2.05, 4.69) is 15.6 Å². The van der Waals surface area contributed by atoms with Crippen LogP contribution in [0.15, 0.2) is 78.9 Å². The second-order valence-corrected chi connectivity index (χ2v) is 8.03. The largest absolute Gasteiger partial charge is 0.416 e. The number of para-hydroxylation sites is 1. The molecule has 0 atom stereocenters.